The highest BCUT2D eigenvalue weighted by Crippen LogP contribution is 2.44. The van der Waals surface area contributed by atoms with Crippen LogP contribution in [0.3, 0.4) is 0 Å². The third-order valence-electron chi connectivity index (χ3n) is 4.00. The molecule has 0 bridgehead atoms. The number of esters is 1. The molecule has 0 aromatic heterocycles. The van der Waals surface area contributed by atoms with Gasteiger partial charge in [-0.05, 0) is 22.3 Å². The second-order valence-electron chi connectivity index (χ2n) is 5.83. The predicted molar refractivity (Wildman–Crippen MR) is 85.5 cm³/mol. The fourth-order valence-electron chi connectivity index (χ4n) is 2.87. The summed E-state index contributed by atoms with van der Waals surface area (Å²) >= 11 is 0. The van der Waals surface area contributed by atoms with Crippen molar-refractivity contribution in [2.24, 2.45) is 5.92 Å². The minimum Gasteiger partial charge on any atom is -0.438 e. The smallest absolute Gasteiger partial charge is 0.310 e. The largest absolute Gasteiger partial charge is 0.438 e. The third kappa shape index (κ3) is 2.77. The summed E-state index contributed by atoms with van der Waals surface area (Å²) in [5, 5.41) is 0. The van der Waals surface area contributed by atoms with Crippen LogP contribution in [0, 0.1) is 5.92 Å². The molecular weight excluding hydrogens is 276 g/mol. The quantitative estimate of drug-likeness (QED) is 0.476. The van der Waals surface area contributed by atoms with Gasteiger partial charge in [-0.15, -0.1) is 0 Å². The average Bonchev–Trinajstić information content (AvgIpc) is 2.86. The monoisotopic (exact) mass is 296 g/mol. The van der Waals surface area contributed by atoms with Gasteiger partial charge in [0.1, 0.15) is 0 Å². The van der Waals surface area contributed by atoms with Gasteiger partial charge in [-0.1, -0.05) is 62.4 Å². The molecule has 1 aliphatic rings. The van der Waals surface area contributed by atoms with E-state index < -0.39 is 0 Å². The second kappa shape index (κ2) is 6.32. The topological polar surface area (TPSA) is 35.5 Å². The molecule has 0 saturated carbocycles. The summed E-state index contributed by atoms with van der Waals surface area (Å²) in [6.45, 7) is 4.15. The lowest BCUT2D eigenvalue weighted by molar-refractivity contribution is -0.160. The van der Waals surface area contributed by atoms with Crippen LogP contribution < -0.4 is 0 Å². The van der Waals surface area contributed by atoms with E-state index in [1.54, 1.807) is 0 Å². The lowest BCUT2D eigenvalue weighted by Crippen LogP contribution is -2.16. The van der Waals surface area contributed by atoms with Gasteiger partial charge in [-0.25, -0.2) is 0 Å². The molecule has 0 heterocycles. The van der Waals surface area contributed by atoms with Gasteiger partial charge < -0.3 is 9.47 Å². The van der Waals surface area contributed by atoms with Crippen molar-refractivity contribution >= 4 is 5.97 Å². The Bertz CT molecular complexity index is 630. The number of carbonyl (C=O) groups is 1. The molecule has 22 heavy (non-hydrogen) atoms. The molecule has 0 aliphatic heterocycles. The Morgan fingerprint density at radius 1 is 1.00 bits per heavy atom. The maximum atomic E-state index is 11.4. The van der Waals surface area contributed by atoms with Crippen molar-refractivity contribution in [3.63, 3.8) is 0 Å². The zero-order valence-corrected chi connectivity index (χ0v) is 12.9. The van der Waals surface area contributed by atoms with Gasteiger partial charge in [0.25, 0.3) is 0 Å². The highest BCUT2D eigenvalue weighted by atomic mass is 16.7. The molecule has 0 spiro atoms. The summed E-state index contributed by atoms with van der Waals surface area (Å²) < 4.78 is 10.7. The van der Waals surface area contributed by atoms with Crippen molar-refractivity contribution in [2.75, 3.05) is 13.4 Å². The van der Waals surface area contributed by atoms with Crippen LogP contribution in [-0.4, -0.2) is 19.4 Å². The molecule has 3 heteroatoms. The lowest BCUT2D eigenvalue weighted by Gasteiger charge is -2.14. The Kier molecular flexibility index (Phi) is 4.25. The fourth-order valence-corrected chi connectivity index (χ4v) is 2.87. The predicted octanol–water partition coefficient (Wildman–Crippen LogP) is 3.97. The summed E-state index contributed by atoms with van der Waals surface area (Å²) in [4.78, 5) is 11.4. The normalized spacial score (nSPS) is 13.0. The maximum absolute atomic E-state index is 11.4. The first-order valence-electron chi connectivity index (χ1n) is 7.61. The Hall–Kier alpha value is -2.13. The van der Waals surface area contributed by atoms with Crippen molar-refractivity contribution in [3.05, 3.63) is 59.7 Å². The van der Waals surface area contributed by atoms with Crippen LogP contribution in [0.15, 0.2) is 48.5 Å². The van der Waals surface area contributed by atoms with Crippen LogP contribution in [0.1, 0.15) is 30.9 Å². The molecule has 114 valence electrons. The SMILES string of the molecule is CC(C)C(=O)OCOCC1c2ccccc2-c2ccccc21. The molecule has 0 N–H and O–H groups in total. The number of carbonyl (C=O) groups excluding carboxylic acids is 1. The van der Waals surface area contributed by atoms with Crippen LogP contribution >= 0.6 is 0 Å². The molecule has 2 aromatic carbocycles. The molecule has 1 aliphatic carbocycles. The molecule has 0 fully saturated rings. The highest BCUT2D eigenvalue weighted by molar-refractivity contribution is 5.78. The van der Waals surface area contributed by atoms with Crippen LogP contribution in [-0.2, 0) is 14.3 Å². The molecule has 0 radical (unpaired) electrons. The minimum absolute atomic E-state index is 0.0118. The van der Waals surface area contributed by atoms with Gasteiger partial charge in [0.15, 0.2) is 6.79 Å². The zero-order valence-electron chi connectivity index (χ0n) is 12.9. The van der Waals surface area contributed by atoms with Crippen molar-refractivity contribution in [1.82, 2.24) is 0 Å². The number of fused-ring (bicyclic) bond motifs is 3. The van der Waals surface area contributed by atoms with E-state index in [0.717, 1.165) is 0 Å². The highest BCUT2D eigenvalue weighted by Gasteiger charge is 2.28. The summed E-state index contributed by atoms with van der Waals surface area (Å²) in [5.41, 5.74) is 5.09. The molecule has 0 saturated heterocycles. The van der Waals surface area contributed by atoms with Crippen LogP contribution in [0.25, 0.3) is 11.1 Å². The number of benzene rings is 2. The molecular formula is C19H20O3. The van der Waals surface area contributed by atoms with Gasteiger partial charge in [-0.3, -0.25) is 4.79 Å². The minimum atomic E-state index is -0.229. The standard InChI is InChI=1S/C19H20O3/c1-13(2)19(20)22-12-21-11-18-16-9-5-3-7-14(16)15-8-4-6-10-17(15)18/h3-10,13,18H,11-12H2,1-2H3. The Balaban J connectivity index is 1.70. The molecule has 2 aromatic rings. The summed E-state index contributed by atoms with van der Waals surface area (Å²) in [6.07, 6.45) is 0. The van der Waals surface area contributed by atoms with Crippen LogP contribution in [0.2, 0.25) is 0 Å². The molecule has 0 unspecified atom stereocenters. The van der Waals surface area contributed by atoms with Gasteiger partial charge in [-0.2, -0.15) is 0 Å². The van der Waals surface area contributed by atoms with Crippen molar-refractivity contribution < 1.29 is 14.3 Å². The molecule has 3 rings (SSSR count). The van der Waals surface area contributed by atoms with Crippen LogP contribution in [0.4, 0.5) is 0 Å². The van der Waals surface area contributed by atoms with E-state index in [2.05, 4.69) is 48.5 Å². The van der Waals surface area contributed by atoms with Crippen molar-refractivity contribution in [2.45, 2.75) is 19.8 Å². The van der Waals surface area contributed by atoms with Gasteiger partial charge in [0, 0.05) is 5.92 Å². The Morgan fingerprint density at radius 2 is 1.55 bits per heavy atom. The number of ether oxygens (including phenoxy) is 2. The van der Waals surface area contributed by atoms with E-state index >= 15 is 0 Å². The van der Waals surface area contributed by atoms with Crippen molar-refractivity contribution in [3.8, 4) is 11.1 Å². The summed E-state index contributed by atoms with van der Waals surface area (Å²) in [7, 11) is 0. The first-order valence-corrected chi connectivity index (χ1v) is 7.61. The second-order valence-corrected chi connectivity index (χ2v) is 5.83. The van der Waals surface area contributed by atoms with E-state index in [1.807, 2.05) is 13.8 Å². The van der Waals surface area contributed by atoms with Crippen molar-refractivity contribution in [1.29, 1.82) is 0 Å². The van der Waals surface area contributed by atoms with Crippen LogP contribution in [0.5, 0.6) is 0 Å². The van der Waals surface area contributed by atoms with E-state index in [0.29, 0.717) is 6.61 Å². The molecule has 3 nitrogen and oxygen atoms in total. The van der Waals surface area contributed by atoms with E-state index in [4.69, 9.17) is 9.47 Å². The maximum Gasteiger partial charge on any atom is 0.310 e. The Morgan fingerprint density at radius 3 is 2.09 bits per heavy atom. The first kappa shape index (κ1) is 14.8. The summed E-state index contributed by atoms with van der Waals surface area (Å²) in [6, 6.07) is 16.8. The number of hydrogen-bond acceptors (Lipinski definition) is 3. The van der Waals surface area contributed by atoms with E-state index in [-0.39, 0.29) is 24.6 Å². The number of rotatable bonds is 5. The molecule has 0 atom stereocenters. The van der Waals surface area contributed by atoms with Gasteiger partial charge >= 0.3 is 5.97 Å². The van der Waals surface area contributed by atoms with Gasteiger partial charge in [0.2, 0.25) is 0 Å². The average molecular weight is 296 g/mol. The zero-order chi connectivity index (χ0) is 15.5. The fraction of sp³-hybridized carbons (Fsp3) is 0.316. The molecule has 0 amide bonds. The Labute approximate surface area is 130 Å². The summed E-state index contributed by atoms with van der Waals surface area (Å²) in [5.74, 6) is -0.158. The lowest BCUT2D eigenvalue weighted by atomic mass is 9.98. The van der Waals surface area contributed by atoms with Gasteiger partial charge in [0.05, 0.1) is 12.5 Å². The number of hydrogen-bond donors (Lipinski definition) is 0. The third-order valence-corrected chi connectivity index (χ3v) is 4.00. The first-order chi connectivity index (χ1) is 10.7. The van der Waals surface area contributed by atoms with E-state index in [1.165, 1.54) is 22.3 Å². The van der Waals surface area contributed by atoms with E-state index in [9.17, 15) is 4.79 Å².